The van der Waals surface area contributed by atoms with Gasteiger partial charge in [0.2, 0.25) is 5.78 Å². The molecule has 1 saturated carbocycles. The number of rotatable bonds is 5. The number of ether oxygens (including phenoxy) is 1. The molecule has 3 fully saturated rings. The molecular formula is C29H36N6O2. The molecule has 6 rings (SSSR count). The summed E-state index contributed by atoms with van der Waals surface area (Å²) in [7, 11) is 0. The number of nitrogen functional groups attached to an aromatic ring is 1. The number of aromatic nitrogens is 3. The SMILES string of the molecule is Nc1nc2nc(-c3ccccc3O)cn2cc1C#CCC1CCN([C@H]2C[C@@H](OC3CCNCC3)C2)CC1. The van der Waals surface area contributed by atoms with Gasteiger partial charge in [-0.25, -0.2) is 4.98 Å². The third-order valence-electron chi connectivity index (χ3n) is 8.18. The van der Waals surface area contributed by atoms with Gasteiger partial charge in [0.25, 0.3) is 0 Å². The van der Waals surface area contributed by atoms with Gasteiger partial charge in [-0.3, -0.25) is 4.40 Å². The van der Waals surface area contributed by atoms with Crippen LogP contribution in [0.25, 0.3) is 17.0 Å². The average Bonchev–Trinajstić information content (AvgIpc) is 3.30. The third kappa shape index (κ3) is 5.45. The van der Waals surface area contributed by atoms with Crippen molar-refractivity contribution in [2.24, 2.45) is 5.92 Å². The van der Waals surface area contributed by atoms with Crippen LogP contribution in [0, 0.1) is 17.8 Å². The molecule has 3 aromatic rings. The van der Waals surface area contributed by atoms with E-state index >= 15 is 0 Å². The second-order valence-electron chi connectivity index (χ2n) is 10.7. The van der Waals surface area contributed by atoms with Crippen molar-refractivity contribution in [1.82, 2.24) is 24.6 Å². The van der Waals surface area contributed by atoms with Gasteiger partial charge in [0.05, 0.1) is 23.5 Å². The molecule has 0 atom stereocenters. The van der Waals surface area contributed by atoms with Crippen molar-refractivity contribution in [2.75, 3.05) is 31.9 Å². The monoisotopic (exact) mass is 500 g/mol. The van der Waals surface area contributed by atoms with Crippen molar-refractivity contribution in [3.63, 3.8) is 0 Å². The Kier molecular flexibility index (Phi) is 7.01. The highest BCUT2D eigenvalue weighted by atomic mass is 16.5. The highest BCUT2D eigenvalue weighted by molar-refractivity contribution is 5.68. The maximum absolute atomic E-state index is 10.1. The number of phenols is 1. The molecule has 194 valence electrons. The Morgan fingerprint density at radius 2 is 1.81 bits per heavy atom. The minimum absolute atomic E-state index is 0.188. The van der Waals surface area contributed by atoms with Crippen LogP contribution < -0.4 is 11.1 Å². The molecule has 1 aromatic carbocycles. The maximum atomic E-state index is 10.1. The van der Waals surface area contributed by atoms with E-state index in [-0.39, 0.29) is 5.75 Å². The predicted octanol–water partition coefficient (Wildman–Crippen LogP) is 3.44. The summed E-state index contributed by atoms with van der Waals surface area (Å²) in [5, 5.41) is 13.6. The van der Waals surface area contributed by atoms with Crippen LogP contribution in [0.2, 0.25) is 0 Å². The second-order valence-corrected chi connectivity index (χ2v) is 10.7. The second kappa shape index (κ2) is 10.7. The minimum Gasteiger partial charge on any atom is -0.507 e. The molecule has 0 unspecified atom stereocenters. The Balaban J connectivity index is 1.000. The first-order valence-corrected chi connectivity index (χ1v) is 13.6. The number of likely N-dealkylation sites (tertiary alicyclic amines) is 1. The van der Waals surface area contributed by atoms with E-state index in [0.717, 1.165) is 45.4 Å². The summed E-state index contributed by atoms with van der Waals surface area (Å²) in [5.41, 5.74) is 8.21. The lowest BCUT2D eigenvalue weighted by atomic mass is 9.84. The predicted molar refractivity (Wildman–Crippen MR) is 144 cm³/mol. The van der Waals surface area contributed by atoms with Crippen molar-refractivity contribution in [3.8, 4) is 28.8 Å². The Hall–Kier alpha value is -3.12. The number of aromatic hydroxyl groups is 1. The van der Waals surface area contributed by atoms with Gasteiger partial charge in [-0.15, -0.1) is 0 Å². The first kappa shape index (κ1) is 24.2. The van der Waals surface area contributed by atoms with Gasteiger partial charge in [0, 0.05) is 30.4 Å². The number of nitrogens with one attached hydrogen (secondary N) is 1. The summed E-state index contributed by atoms with van der Waals surface area (Å²) in [6.45, 7) is 4.52. The van der Waals surface area contributed by atoms with Gasteiger partial charge in [0.15, 0.2) is 0 Å². The Morgan fingerprint density at radius 1 is 1.03 bits per heavy atom. The van der Waals surface area contributed by atoms with E-state index < -0.39 is 0 Å². The van der Waals surface area contributed by atoms with E-state index in [2.05, 4.69) is 32.0 Å². The molecular weight excluding hydrogens is 464 g/mol. The van der Waals surface area contributed by atoms with Gasteiger partial charge in [-0.2, -0.15) is 4.98 Å². The number of imidazole rings is 1. The number of nitrogens with zero attached hydrogens (tertiary/aromatic N) is 4. The molecule has 37 heavy (non-hydrogen) atoms. The summed E-state index contributed by atoms with van der Waals surface area (Å²) < 4.78 is 8.13. The van der Waals surface area contributed by atoms with Gasteiger partial charge in [-0.05, 0) is 82.8 Å². The van der Waals surface area contributed by atoms with Crippen molar-refractivity contribution < 1.29 is 9.84 Å². The quantitative estimate of drug-likeness (QED) is 0.462. The molecule has 2 saturated heterocycles. The minimum atomic E-state index is 0.188. The number of piperidine rings is 2. The maximum Gasteiger partial charge on any atom is 0.236 e. The molecule has 1 aliphatic carbocycles. The Labute approximate surface area is 218 Å². The number of fused-ring (bicyclic) bond motifs is 1. The smallest absolute Gasteiger partial charge is 0.236 e. The topological polar surface area (TPSA) is 101 Å². The lowest BCUT2D eigenvalue weighted by Gasteiger charge is -2.46. The zero-order valence-electron chi connectivity index (χ0n) is 21.3. The summed E-state index contributed by atoms with van der Waals surface area (Å²) in [4.78, 5) is 11.6. The summed E-state index contributed by atoms with van der Waals surface area (Å²) in [6, 6.07) is 7.84. The van der Waals surface area contributed by atoms with Gasteiger partial charge >= 0.3 is 0 Å². The van der Waals surface area contributed by atoms with Gasteiger partial charge in [-0.1, -0.05) is 24.0 Å². The molecule has 0 bridgehead atoms. The molecule has 0 spiro atoms. The van der Waals surface area contributed by atoms with E-state index in [1.807, 2.05) is 28.9 Å². The van der Waals surface area contributed by atoms with Crippen LogP contribution in [0.15, 0.2) is 36.7 Å². The van der Waals surface area contributed by atoms with Crippen LogP contribution in [0.1, 0.15) is 50.5 Å². The summed E-state index contributed by atoms with van der Waals surface area (Å²) in [6.07, 6.45) is 12.6. The van der Waals surface area contributed by atoms with Crippen LogP contribution in [-0.2, 0) is 4.74 Å². The number of nitrogens with two attached hydrogens (primary N) is 1. The fraction of sp³-hybridized carbons (Fsp3) is 0.517. The highest BCUT2D eigenvalue weighted by Crippen LogP contribution is 2.33. The third-order valence-corrected chi connectivity index (χ3v) is 8.18. The standard InChI is InChI=1S/C29H36N6O2/c30-28-21(18-35-19-26(32-29(35)33-28)25-6-1-2-7-27(25)36)5-3-4-20-10-14-34(15-11-20)22-16-24(17-22)37-23-8-12-31-13-9-23/h1-2,6-7,18-20,22-24,31,36H,4,8-17H2,(H2,30,32,33)/t22-,24+. The molecule has 3 aliphatic rings. The van der Waals surface area contributed by atoms with Crippen LogP contribution >= 0.6 is 0 Å². The zero-order chi connectivity index (χ0) is 25.2. The van der Waals surface area contributed by atoms with Crippen molar-refractivity contribution >= 4 is 11.6 Å². The van der Waals surface area contributed by atoms with E-state index in [4.69, 9.17) is 10.5 Å². The van der Waals surface area contributed by atoms with Gasteiger partial charge < -0.3 is 25.8 Å². The number of hydrogen-bond donors (Lipinski definition) is 3. The lowest BCUT2D eigenvalue weighted by molar-refractivity contribution is -0.0991. The molecule has 2 aliphatic heterocycles. The normalized spacial score (nSPS) is 23.5. The molecule has 8 nitrogen and oxygen atoms in total. The number of phenolic OH excluding ortho intramolecular Hbond substituents is 1. The molecule has 0 amide bonds. The van der Waals surface area contributed by atoms with Gasteiger partial charge in [0.1, 0.15) is 11.6 Å². The lowest BCUT2D eigenvalue weighted by Crippen LogP contribution is -2.52. The molecule has 8 heteroatoms. The van der Waals surface area contributed by atoms with Crippen LogP contribution in [0.5, 0.6) is 5.75 Å². The molecule has 4 heterocycles. The van der Waals surface area contributed by atoms with E-state index in [9.17, 15) is 5.11 Å². The number of para-hydroxylation sites is 1. The molecule has 4 N–H and O–H groups in total. The fourth-order valence-electron chi connectivity index (χ4n) is 5.81. The average molecular weight is 501 g/mol. The Morgan fingerprint density at radius 3 is 2.59 bits per heavy atom. The van der Waals surface area contributed by atoms with Crippen LogP contribution in [0.4, 0.5) is 5.82 Å². The Bertz CT molecular complexity index is 1290. The van der Waals surface area contributed by atoms with E-state index in [1.54, 1.807) is 12.1 Å². The molecule has 0 radical (unpaired) electrons. The first-order valence-electron chi connectivity index (χ1n) is 13.6. The highest BCUT2D eigenvalue weighted by Gasteiger charge is 2.37. The molecule has 2 aromatic heterocycles. The summed E-state index contributed by atoms with van der Waals surface area (Å²) >= 11 is 0. The van der Waals surface area contributed by atoms with E-state index in [1.165, 1.54) is 25.7 Å². The largest absolute Gasteiger partial charge is 0.507 e. The number of hydrogen-bond acceptors (Lipinski definition) is 7. The number of anilines is 1. The first-order chi connectivity index (χ1) is 18.1. The van der Waals surface area contributed by atoms with E-state index in [0.29, 0.717) is 52.6 Å². The van der Waals surface area contributed by atoms with Crippen molar-refractivity contribution in [2.45, 2.75) is 63.2 Å². The van der Waals surface area contributed by atoms with Crippen molar-refractivity contribution in [3.05, 3.63) is 42.2 Å². The fourth-order valence-corrected chi connectivity index (χ4v) is 5.81. The van der Waals surface area contributed by atoms with Crippen molar-refractivity contribution in [1.29, 1.82) is 0 Å². The van der Waals surface area contributed by atoms with Crippen LogP contribution in [-0.4, -0.2) is 68.8 Å². The zero-order valence-corrected chi connectivity index (χ0v) is 21.3. The summed E-state index contributed by atoms with van der Waals surface area (Å²) in [5.74, 6) is 8.30. The van der Waals surface area contributed by atoms with Crippen LogP contribution in [0.3, 0.4) is 0 Å². The number of benzene rings is 1.